The summed E-state index contributed by atoms with van der Waals surface area (Å²) in [7, 11) is -8.68. The van der Waals surface area contributed by atoms with Gasteiger partial charge < -0.3 is 21.2 Å². The van der Waals surface area contributed by atoms with Gasteiger partial charge in [0.1, 0.15) is 0 Å². The summed E-state index contributed by atoms with van der Waals surface area (Å²) in [5, 5.41) is 0. The van der Waals surface area contributed by atoms with Gasteiger partial charge in [-0.05, 0) is 68.9 Å². The van der Waals surface area contributed by atoms with E-state index in [0.717, 1.165) is 24.9 Å². The highest BCUT2D eigenvalue weighted by atomic mass is 28.5. The van der Waals surface area contributed by atoms with Gasteiger partial charge in [0.15, 0.2) is 25.0 Å². The monoisotopic (exact) mass is 751 g/mol. The Bertz CT molecular complexity index is 707. The molecular formula is C37H86O5Si5. The van der Waals surface area contributed by atoms with Gasteiger partial charge in [-0.3, -0.25) is 0 Å². The Hall–Kier alpha value is 0.884. The molecule has 0 aromatic rings. The first-order chi connectivity index (χ1) is 21.4. The molecule has 0 radical (unpaired) electrons. The van der Waals surface area contributed by atoms with Crippen LogP contribution >= 0.6 is 0 Å². The van der Waals surface area contributed by atoms with Crippen molar-refractivity contribution in [3.05, 3.63) is 0 Å². The van der Waals surface area contributed by atoms with Crippen LogP contribution in [-0.2, 0) is 21.2 Å². The maximum absolute atomic E-state index is 8.20. The summed E-state index contributed by atoms with van der Waals surface area (Å²) in [6.45, 7) is 45.9. The molecule has 0 aromatic heterocycles. The molecule has 47 heavy (non-hydrogen) atoms. The third-order valence-electron chi connectivity index (χ3n) is 12.1. The summed E-state index contributed by atoms with van der Waals surface area (Å²) in [6.07, 6.45) is 5.87. The van der Waals surface area contributed by atoms with Crippen LogP contribution in [0.3, 0.4) is 0 Å². The van der Waals surface area contributed by atoms with Crippen molar-refractivity contribution in [2.75, 3.05) is 14.2 Å². The summed E-state index contributed by atoms with van der Waals surface area (Å²) in [5.41, 5.74) is 4.28. The van der Waals surface area contributed by atoms with E-state index in [9.17, 15) is 0 Å². The fourth-order valence-corrected chi connectivity index (χ4v) is 41.6. The van der Waals surface area contributed by atoms with Gasteiger partial charge in [0.2, 0.25) is 0 Å². The Morgan fingerprint density at radius 1 is 0.340 bits per heavy atom. The first-order valence-electron chi connectivity index (χ1n) is 19.6. The van der Waals surface area contributed by atoms with E-state index in [1.54, 1.807) is 14.2 Å². The highest BCUT2D eigenvalue weighted by molar-refractivity contribution is 6.94. The summed E-state index contributed by atoms with van der Waals surface area (Å²) in [4.78, 5) is 0. The van der Waals surface area contributed by atoms with Gasteiger partial charge in [-0.2, -0.15) is 0 Å². The van der Waals surface area contributed by atoms with Crippen molar-refractivity contribution in [1.29, 1.82) is 0 Å². The van der Waals surface area contributed by atoms with Crippen molar-refractivity contribution in [3.63, 3.8) is 0 Å². The van der Waals surface area contributed by atoms with Crippen LogP contribution in [0.15, 0.2) is 0 Å². The number of hydrogen-bond donors (Lipinski definition) is 0. The van der Waals surface area contributed by atoms with Crippen LogP contribution in [-0.4, -0.2) is 56.5 Å². The third kappa shape index (κ3) is 11.4. The van der Waals surface area contributed by atoms with E-state index in [0.29, 0.717) is 49.9 Å². The van der Waals surface area contributed by atoms with Crippen molar-refractivity contribution >= 4 is 42.3 Å². The molecule has 0 saturated heterocycles. The standard InChI is InChI=1S/C37H86O5Si5/c1-29(2)45(30(3)4,31(5)6)40-44(41-46(32(7)8,33(9)10)34(11)12,42-47(35(13)14,36(15)16)37(17)18)28-26-24-22-23-25-27-43(21,38-19)39-20/h29-37H,22-28H2,1-21H3. The molecular weight excluding hydrogens is 665 g/mol. The van der Waals surface area contributed by atoms with Crippen LogP contribution in [0.4, 0.5) is 0 Å². The minimum Gasteiger partial charge on any atom is -0.415 e. The third-order valence-corrected chi connectivity index (χ3v) is 40.3. The zero-order valence-electron chi connectivity index (χ0n) is 35.7. The highest BCUT2D eigenvalue weighted by Gasteiger charge is 2.63. The van der Waals surface area contributed by atoms with Crippen molar-refractivity contribution in [2.45, 2.75) is 225 Å². The molecule has 284 valence electrons. The molecule has 5 nitrogen and oxygen atoms in total. The van der Waals surface area contributed by atoms with Gasteiger partial charge in [0, 0.05) is 20.3 Å². The molecule has 0 aromatic carbocycles. The second-order valence-electron chi connectivity index (χ2n) is 17.8. The van der Waals surface area contributed by atoms with Gasteiger partial charge in [0.25, 0.3) is 0 Å². The average Bonchev–Trinajstić information content (AvgIpc) is 2.95. The first-order valence-corrected chi connectivity index (χ1v) is 30.5. The van der Waals surface area contributed by atoms with Crippen molar-refractivity contribution in [2.24, 2.45) is 0 Å². The zero-order valence-corrected chi connectivity index (χ0v) is 40.7. The summed E-state index contributed by atoms with van der Waals surface area (Å²) in [6, 6.07) is 1.99. The molecule has 0 rings (SSSR count). The predicted octanol–water partition coefficient (Wildman–Crippen LogP) is 13.8. The van der Waals surface area contributed by atoms with Crippen LogP contribution in [0.25, 0.3) is 0 Å². The van der Waals surface area contributed by atoms with E-state index in [-0.39, 0.29) is 0 Å². The molecule has 0 spiro atoms. The molecule has 0 unspecified atom stereocenters. The van der Waals surface area contributed by atoms with Gasteiger partial charge in [-0.15, -0.1) is 0 Å². The number of hydrogen-bond acceptors (Lipinski definition) is 5. The van der Waals surface area contributed by atoms with Gasteiger partial charge in [0.05, 0.1) is 0 Å². The lowest BCUT2D eigenvalue weighted by atomic mass is 10.2. The van der Waals surface area contributed by atoms with Gasteiger partial charge in [-0.25, -0.2) is 0 Å². The number of rotatable bonds is 25. The molecule has 0 heterocycles. The van der Waals surface area contributed by atoms with Crippen molar-refractivity contribution in [1.82, 2.24) is 0 Å². The summed E-state index contributed by atoms with van der Waals surface area (Å²) in [5.74, 6) is 0. The van der Waals surface area contributed by atoms with Crippen LogP contribution in [0.5, 0.6) is 0 Å². The molecule has 0 saturated carbocycles. The lowest BCUT2D eigenvalue weighted by Gasteiger charge is -2.56. The molecule has 0 aliphatic carbocycles. The second kappa shape index (κ2) is 20.2. The normalized spacial score (nSPS) is 14.7. The highest BCUT2D eigenvalue weighted by Crippen LogP contribution is 2.53. The average molecular weight is 752 g/mol. The van der Waals surface area contributed by atoms with Crippen LogP contribution in [0.1, 0.15) is 157 Å². The molecule has 0 bridgehead atoms. The van der Waals surface area contributed by atoms with Crippen molar-refractivity contribution in [3.8, 4) is 0 Å². The molecule has 0 aliphatic heterocycles. The van der Waals surface area contributed by atoms with Gasteiger partial charge >= 0.3 is 17.4 Å². The SMILES string of the molecule is CO[Si](C)(CCCCCCC[Si](O[Si](C(C)C)(C(C)C)C(C)C)(O[Si](C(C)C)(C(C)C)C(C)C)O[Si](C(C)C)(C(C)C)C(C)C)OC. The van der Waals surface area contributed by atoms with E-state index in [1.165, 1.54) is 19.3 Å². The topological polar surface area (TPSA) is 46.2 Å². The summed E-state index contributed by atoms with van der Waals surface area (Å²) < 4.78 is 36.1. The van der Waals surface area contributed by atoms with Crippen LogP contribution in [0, 0.1) is 0 Å². The Balaban J connectivity index is 7.40. The fourth-order valence-electron chi connectivity index (χ4n) is 9.69. The maximum atomic E-state index is 8.20. The first kappa shape index (κ1) is 47.9. The molecule has 10 heteroatoms. The molecule has 0 atom stereocenters. The largest absolute Gasteiger partial charge is 0.469 e. The molecule has 0 amide bonds. The Morgan fingerprint density at radius 2 is 0.553 bits per heavy atom. The fraction of sp³-hybridized carbons (Fsp3) is 1.00. The molecule has 0 N–H and O–H groups in total. The maximum Gasteiger partial charge on any atom is 0.469 e. The van der Waals surface area contributed by atoms with E-state index in [1.807, 2.05) is 0 Å². The Morgan fingerprint density at radius 3 is 0.766 bits per heavy atom. The van der Waals surface area contributed by atoms with E-state index < -0.39 is 42.3 Å². The quantitative estimate of drug-likeness (QED) is 0.0687. The Labute approximate surface area is 301 Å². The van der Waals surface area contributed by atoms with Crippen molar-refractivity contribution < 1.29 is 21.2 Å². The predicted molar refractivity (Wildman–Crippen MR) is 220 cm³/mol. The van der Waals surface area contributed by atoms with E-state index in [2.05, 4.69) is 131 Å². The number of unbranched alkanes of at least 4 members (excludes halogenated alkanes) is 4. The lowest BCUT2D eigenvalue weighted by molar-refractivity contribution is 0.216. The minimum atomic E-state index is -3.22. The molecule has 0 aliphatic rings. The van der Waals surface area contributed by atoms with E-state index >= 15 is 0 Å². The minimum absolute atomic E-state index is 0.475. The molecule has 0 fully saturated rings. The smallest absolute Gasteiger partial charge is 0.415 e. The van der Waals surface area contributed by atoms with Gasteiger partial charge in [-0.1, -0.05) is 150 Å². The Kier molecular flexibility index (Phi) is 20.6. The summed E-state index contributed by atoms with van der Waals surface area (Å²) >= 11 is 0. The van der Waals surface area contributed by atoms with Crippen LogP contribution in [0.2, 0.25) is 68.5 Å². The lowest BCUT2D eigenvalue weighted by Crippen LogP contribution is -2.69. The second-order valence-corrected chi connectivity index (χ2v) is 41.2. The van der Waals surface area contributed by atoms with Crippen LogP contribution < -0.4 is 0 Å². The zero-order chi connectivity index (χ0) is 37.2. The van der Waals surface area contributed by atoms with E-state index in [4.69, 9.17) is 21.2 Å².